The van der Waals surface area contributed by atoms with Crippen LogP contribution in [0.15, 0.2) is 36.8 Å². The maximum atomic E-state index is 13.6. The normalized spacial score (nSPS) is 20.6. The first kappa shape index (κ1) is 27.2. The number of hydrogen-bond donors (Lipinski definition) is 3. The van der Waals surface area contributed by atoms with E-state index >= 15 is 0 Å². The molecule has 13 heteroatoms. The number of benzene rings is 1. The lowest BCUT2D eigenvalue weighted by atomic mass is 10.1. The van der Waals surface area contributed by atoms with Gasteiger partial charge in [0, 0.05) is 35.9 Å². The largest absolute Gasteiger partial charge is 0.391 e. The Bertz CT molecular complexity index is 1550. The first-order valence-electron chi connectivity index (χ1n) is 12.4. The Morgan fingerprint density at radius 2 is 2.15 bits per heavy atom. The van der Waals surface area contributed by atoms with Crippen molar-refractivity contribution in [3.05, 3.63) is 68.8 Å². The average molecular weight is 569 g/mol. The van der Waals surface area contributed by atoms with E-state index in [2.05, 4.69) is 35.2 Å². The first-order valence-corrected chi connectivity index (χ1v) is 14.6. The maximum Gasteiger partial charge on any atom is 0.335 e. The zero-order chi connectivity index (χ0) is 27.7. The monoisotopic (exact) mass is 568 g/mol. The van der Waals surface area contributed by atoms with Crippen molar-refractivity contribution in [1.82, 2.24) is 14.7 Å². The second kappa shape index (κ2) is 11.0. The molecule has 204 valence electrons. The van der Waals surface area contributed by atoms with E-state index in [1.54, 1.807) is 0 Å². The van der Waals surface area contributed by atoms with Crippen molar-refractivity contribution in [2.45, 2.75) is 50.9 Å². The molecule has 11 nitrogen and oxygen atoms in total. The van der Waals surface area contributed by atoms with Crippen LogP contribution in [-0.4, -0.2) is 61.1 Å². The molecule has 0 saturated heterocycles. The fraction of sp³-hybridized carbons (Fsp3) is 0.385. The van der Waals surface area contributed by atoms with Crippen LogP contribution in [0.4, 0.5) is 11.5 Å². The number of thiophene rings is 1. The standard InChI is InChI=1S/C26H28N6O5S2/c1-15-18(13-32-6-5-17-4-3-16(11-27)7-22(17)32)8-24(38-15)25(34)20-12-28-14-29-26(20)30-19-9-21(23(33)10-19)31-39(35,36)37-2/h3-4,7-8,12,14,19,21,23,31,33H,5-6,9-10,13H2,1-2H3,(H,28,29,30)/t19-,21-,23+/m1/s1. The van der Waals surface area contributed by atoms with E-state index < -0.39 is 22.4 Å². The first-order chi connectivity index (χ1) is 18.7. The molecule has 1 aromatic carbocycles. The Labute approximate surface area is 230 Å². The molecular weight excluding hydrogens is 540 g/mol. The third-order valence-electron chi connectivity index (χ3n) is 7.15. The van der Waals surface area contributed by atoms with Crippen molar-refractivity contribution in [2.24, 2.45) is 0 Å². The molecule has 1 fully saturated rings. The lowest BCUT2D eigenvalue weighted by Gasteiger charge is -2.19. The molecule has 1 aliphatic carbocycles. The zero-order valence-corrected chi connectivity index (χ0v) is 23.1. The second-order valence-electron chi connectivity index (χ2n) is 9.66. The predicted octanol–water partition coefficient (Wildman–Crippen LogP) is 2.30. The van der Waals surface area contributed by atoms with E-state index in [-0.39, 0.29) is 24.7 Å². The Kier molecular flexibility index (Phi) is 7.66. The molecule has 5 rings (SSSR count). The van der Waals surface area contributed by atoms with Gasteiger partial charge >= 0.3 is 10.3 Å². The van der Waals surface area contributed by atoms with Crippen molar-refractivity contribution in [3.8, 4) is 6.07 Å². The van der Waals surface area contributed by atoms with Gasteiger partial charge in [-0.3, -0.25) is 8.98 Å². The van der Waals surface area contributed by atoms with Crippen LogP contribution < -0.4 is 14.9 Å². The maximum absolute atomic E-state index is 13.6. The predicted molar refractivity (Wildman–Crippen MR) is 146 cm³/mol. The van der Waals surface area contributed by atoms with Gasteiger partial charge < -0.3 is 15.3 Å². The molecule has 3 N–H and O–H groups in total. The molecule has 0 radical (unpaired) electrons. The minimum atomic E-state index is -3.95. The van der Waals surface area contributed by atoms with Gasteiger partial charge in [-0.1, -0.05) is 6.07 Å². The summed E-state index contributed by atoms with van der Waals surface area (Å²) in [5.41, 5.74) is 4.23. The summed E-state index contributed by atoms with van der Waals surface area (Å²) in [6, 6.07) is 8.82. The van der Waals surface area contributed by atoms with Gasteiger partial charge in [0.05, 0.1) is 41.3 Å². The van der Waals surface area contributed by atoms with Crippen LogP contribution in [0.5, 0.6) is 0 Å². The topological polar surface area (TPSA) is 158 Å². The molecule has 2 aliphatic rings. The number of fused-ring (bicyclic) bond motifs is 1. The Morgan fingerprint density at radius 3 is 2.92 bits per heavy atom. The molecule has 0 spiro atoms. The summed E-state index contributed by atoms with van der Waals surface area (Å²) in [5.74, 6) is 0.105. The van der Waals surface area contributed by atoms with Crippen LogP contribution in [0.2, 0.25) is 0 Å². The molecule has 3 atom stereocenters. The highest BCUT2D eigenvalue weighted by Gasteiger charge is 2.36. The fourth-order valence-corrected chi connectivity index (χ4v) is 6.81. The van der Waals surface area contributed by atoms with Gasteiger partial charge in [-0.05, 0) is 55.5 Å². The Morgan fingerprint density at radius 1 is 1.33 bits per heavy atom. The lowest BCUT2D eigenvalue weighted by Crippen LogP contribution is -2.40. The van der Waals surface area contributed by atoms with E-state index in [0.29, 0.717) is 28.4 Å². The van der Waals surface area contributed by atoms with Gasteiger partial charge in [0.1, 0.15) is 12.1 Å². The third kappa shape index (κ3) is 5.80. The molecule has 3 heterocycles. The smallest absolute Gasteiger partial charge is 0.335 e. The molecule has 39 heavy (non-hydrogen) atoms. The summed E-state index contributed by atoms with van der Waals surface area (Å²) >= 11 is 1.41. The minimum absolute atomic E-state index is 0.221. The fourth-order valence-electron chi connectivity index (χ4n) is 5.10. The summed E-state index contributed by atoms with van der Waals surface area (Å²) in [4.78, 5) is 25.7. The summed E-state index contributed by atoms with van der Waals surface area (Å²) < 4.78 is 30.3. The summed E-state index contributed by atoms with van der Waals surface area (Å²) in [7, 11) is -2.91. The number of nitrogens with one attached hydrogen (secondary N) is 2. The molecule has 1 saturated carbocycles. The van der Waals surface area contributed by atoms with Gasteiger partial charge in [0.25, 0.3) is 0 Å². The van der Waals surface area contributed by atoms with E-state index in [1.807, 2.05) is 31.2 Å². The number of carbonyl (C=O) groups is 1. The van der Waals surface area contributed by atoms with Crippen LogP contribution in [0, 0.1) is 18.3 Å². The van der Waals surface area contributed by atoms with E-state index in [9.17, 15) is 23.6 Å². The number of aliphatic hydroxyl groups is 1. The quantitative estimate of drug-likeness (QED) is 0.327. The van der Waals surface area contributed by atoms with Crippen molar-refractivity contribution in [3.63, 3.8) is 0 Å². The number of aliphatic hydroxyl groups excluding tert-OH is 1. The molecule has 3 aromatic rings. The van der Waals surface area contributed by atoms with Crippen LogP contribution in [0.1, 0.15) is 49.6 Å². The van der Waals surface area contributed by atoms with Gasteiger partial charge in [-0.25, -0.2) is 9.97 Å². The number of nitriles is 1. The van der Waals surface area contributed by atoms with Gasteiger partial charge in [0.15, 0.2) is 0 Å². The number of rotatable bonds is 9. The summed E-state index contributed by atoms with van der Waals surface area (Å²) in [6.45, 7) is 3.46. The third-order valence-corrected chi connectivity index (χ3v) is 9.28. The Balaban J connectivity index is 1.31. The van der Waals surface area contributed by atoms with Crippen molar-refractivity contribution in [2.75, 3.05) is 23.9 Å². The number of nitrogens with zero attached hydrogens (tertiary/aromatic N) is 4. The molecule has 0 amide bonds. The molecular formula is C26H28N6O5S2. The van der Waals surface area contributed by atoms with Gasteiger partial charge in [0.2, 0.25) is 5.78 Å². The number of hydrogen-bond acceptors (Lipinski definition) is 11. The number of aryl methyl sites for hydroxylation is 1. The summed E-state index contributed by atoms with van der Waals surface area (Å²) in [5, 5.41) is 22.8. The van der Waals surface area contributed by atoms with Crippen LogP contribution in [-0.2, 0) is 27.5 Å². The lowest BCUT2D eigenvalue weighted by molar-refractivity contribution is 0.104. The van der Waals surface area contributed by atoms with Crippen LogP contribution >= 0.6 is 11.3 Å². The van der Waals surface area contributed by atoms with Gasteiger partial charge in [-0.15, -0.1) is 11.3 Å². The number of ketones is 1. The van der Waals surface area contributed by atoms with Crippen LogP contribution in [0.3, 0.4) is 0 Å². The SMILES string of the molecule is COS(=O)(=O)N[C@@H]1C[C@@H](Nc2ncncc2C(=O)c2cc(CN3CCc4ccc(C#N)cc43)c(C)s2)C[C@@H]1O. The van der Waals surface area contributed by atoms with Crippen molar-refractivity contribution >= 4 is 38.9 Å². The highest BCUT2D eigenvalue weighted by Crippen LogP contribution is 2.33. The summed E-state index contributed by atoms with van der Waals surface area (Å²) in [6.07, 6.45) is 3.34. The van der Waals surface area contributed by atoms with Gasteiger partial charge in [-0.2, -0.15) is 18.4 Å². The van der Waals surface area contributed by atoms with Crippen molar-refractivity contribution in [1.29, 1.82) is 5.26 Å². The van der Waals surface area contributed by atoms with Crippen LogP contribution in [0.25, 0.3) is 0 Å². The molecule has 2 aromatic heterocycles. The molecule has 0 unspecified atom stereocenters. The van der Waals surface area contributed by atoms with E-state index in [1.165, 1.54) is 29.4 Å². The number of carbonyl (C=O) groups excluding carboxylic acids is 1. The number of aromatic nitrogens is 2. The zero-order valence-electron chi connectivity index (χ0n) is 21.4. The molecule has 0 bridgehead atoms. The van der Waals surface area contributed by atoms with E-state index in [4.69, 9.17) is 0 Å². The molecule has 1 aliphatic heterocycles. The Hall–Kier alpha value is -3.41. The van der Waals surface area contributed by atoms with E-state index in [0.717, 1.165) is 36.2 Å². The second-order valence-corrected chi connectivity index (χ2v) is 12.4. The minimum Gasteiger partial charge on any atom is -0.391 e. The highest BCUT2D eigenvalue weighted by molar-refractivity contribution is 7.84. The number of anilines is 2. The average Bonchev–Trinajstić information content (AvgIpc) is 3.60. The van der Waals surface area contributed by atoms with Crippen molar-refractivity contribution < 1.29 is 22.5 Å². The highest BCUT2D eigenvalue weighted by atomic mass is 32.2.